The van der Waals surface area contributed by atoms with E-state index in [1.807, 2.05) is 0 Å². The second kappa shape index (κ2) is 8.47. The highest BCUT2D eigenvalue weighted by atomic mass is 35.5. The van der Waals surface area contributed by atoms with Gasteiger partial charge in [-0.05, 0) is 18.2 Å². The molecular formula is C17H12ClF3N4OS. The Balaban J connectivity index is 1.75. The predicted molar refractivity (Wildman–Crippen MR) is 97.2 cm³/mol. The van der Waals surface area contributed by atoms with Crippen molar-refractivity contribution in [2.75, 3.05) is 10.0 Å². The minimum Gasteiger partial charge on any atom is -0.588 e. The maximum Gasteiger partial charge on any atom is 0.251 e. The largest absolute Gasteiger partial charge is 0.588 e. The summed E-state index contributed by atoms with van der Waals surface area (Å²) in [5.74, 6) is -2.40. The van der Waals surface area contributed by atoms with Gasteiger partial charge in [0, 0.05) is 47.2 Å². The van der Waals surface area contributed by atoms with Crippen molar-refractivity contribution in [3.8, 4) is 0 Å². The SMILES string of the molecule is [O-][S+](Nc1ccncn1)c1c(F)cc(NCc2cc(Cl)ccc2F)cc1F. The summed E-state index contributed by atoms with van der Waals surface area (Å²) in [6.07, 6.45) is 2.59. The van der Waals surface area contributed by atoms with Crippen LogP contribution in [0.3, 0.4) is 0 Å². The molecule has 1 unspecified atom stereocenters. The molecule has 140 valence electrons. The van der Waals surface area contributed by atoms with Crippen LogP contribution in [0.4, 0.5) is 24.7 Å². The average molecular weight is 413 g/mol. The van der Waals surface area contributed by atoms with E-state index in [4.69, 9.17) is 11.6 Å². The van der Waals surface area contributed by atoms with E-state index in [-0.39, 0.29) is 23.6 Å². The smallest absolute Gasteiger partial charge is 0.251 e. The van der Waals surface area contributed by atoms with Gasteiger partial charge >= 0.3 is 0 Å². The van der Waals surface area contributed by atoms with E-state index in [9.17, 15) is 17.7 Å². The molecule has 5 nitrogen and oxygen atoms in total. The Morgan fingerprint density at radius 3 is 2.44 bits per heavy atom. The van der Waals surface area contributed by atoms with Crippen LogP contribution in [0.1, 0.15) is 5.56 Å². The van der Waals surface area contributed by atoms with Crippen LogP contribution in [-0.2, 0) is 17.9 Å². The number of nitrogens with one attached hydrogen (secondary N) is 2. The van der Waals surface area contributed by atoms with Crippen LogP contribution >= 0.6 is 11.6 Å². The van der Waals surface area contributed by atoms with Gasteiger partial charge in [0.1, 0.15) is 23.5 Å². The van der Waals surface area contributed by atoms with E-state index in [1.54, 1.807) is 0 Å². The lowest BCUT2D eigenvalue weighted by molar-refractivity contribution is 0.521. The first kappa shape index (κ1) is 19.3. The van der Waals surface area contributed by atoms with Crippen molar-refractivity contribution in [3.63, 3.8) is 0 Å². The number of hydrogen-bond donors (Lipinski definition) is 2. The molecule has 3 aromatic rings. The van der Waals surface area contributed by atoms with Crippen LogP contribution in [0.5, 0.6) is 0 Å². The minimum absolute atomic E-state index is 0.0348. The lowest BCUT2D eigenvalue weighted by atomic mass is 10.2. The normalized spacial score (nSPS) is 11.9. The summed E-state index contributed by atoms with van der Waals surface area (Å²) in [5, 5.41) is 3.05. The number of hydrogen-bond acceptors (Lipinski definition) is 5. The van der Waals surface area contributed by atoms with Crippen LogP contribution in [0.25, 0.3) is 0 Å². The minimum atomic E-state index is -2.21. The molecule has 0 spiro atoms. The number of benzene rings is 2. The van der Waals surface area contributed by atoms with E-state index in [0.717, 1.165) is 12.1 Å². The highest BCUT2D eigenvalue weighted by Gasteiger charge is 2.25. The molecule has 3 rings (SSSR count). The summed E-state index contributed by atoms with van der Waals surface area (Å²) in [7, 11) is 0. The molecule has 0 aliphatic carbocycles. The summed E-state index contributed by atoms with van der Waals surface area (Å²) >= 11 is 3.60. The Morgan fingerprint density at radius 1 is 1.04 bits per heavy atom. The number of halogens is 4. The van der Waals surface area contributed by atoms with Crippen LogP contribution < -0.4 is 10.0 Å². The maximum atomic E-state index is 14.3. The molecule has 10 heteroatoms. The summed E-state index contributed by atoms with van der Waals surface area (Å²) in [4.78, 5) is 6.82. The summed E-state index contributed by atoms with van der Waals surface area (Å²) in [6.45, 7) is -0.0348. The number of nitrogens with zero attached hydrogens (tertiary/aromatic N) is 2. The molecule has 2 aromatic carbocycles. The third-order valence-electron chi connectivity index (χ3n) is 3.45. The van der Waals surface area contributed by atoms with Crippen molar-refractivity contribution >= 4 is 34.5 Å². The van der Waals surface area contributed by atoms with Crippen LogP contribution in [-0.4, -0.2) is 14.5 Å². The van der Waals surface area contributed by atoms with Gasteiger partial charge in [-0.3, -0.25) is 0 Å². The highest BCUT2D eigenvalue weighted by Crippen LogP contribution is 2.25. The van der Waals surface area contributed by atoms with Gasteiger partial charge in [-0.25, -0.2) is 23.1 Å². The van der Waals surface area contributed by atoms with Crippen LogP contribution in [0.2, 0.25) is 5.02 Å². The highest BCUT2D eigenvalue weighted by molar-refractivity contribution is 7.92. The molecule has 0 saturated carbocycles. The first-order valence-electron chi connectivity index (χ1n) is 7.55. The van der Waals surface area contributed by atoms with Gasteiger partial charge in [0.25, 0.3) is 4.90 Å². The molecule has 1 aromatic heterocycles. The Morgan fingerprint density at radius 2 is 1.78 bits per heavy atom. The van der Waals surface area contributed by atoms with Crippen molar-refractivity contribution in [1.82, 2.24) is 9.97 Å². The van der Waals surface area contributed by atoms with Crippen molar-refractivity contribution in [2.24, 2.45) is 0 Å². The molecule has 0 aliphatic rings. The Bertz CT molecular complexity index is 926. The van der Waals surface area contributed by atoms with Crippen LogP contribution in [0, 0.1) is 17.5 Å². The van der Waals surface area contributed by atoms with Gasteiger partial charge < -0.3 is 9.87 Å². The van der Waals surface area contributed by atoms with Gasteiger partial charge in [0.05, 0.1) is 0 Å². The number of aromatic nitrogens is 2. The number of rotatable bonds is 6. The lowest BCUT2D eigenvalue weighted by Gasteiger charge is -2.14. The summed E-state index contributed by atoms with van der Waals surface area (Å²) in [6, 6.07) is 7.36. The fourth-order valence-corrected chi connectivity index (χ4v) is 3.29. The standard InChI is InChI=1S/C17H12ClF3N4OS/c18-11-1-2-13(19)10(5-11)8-23-12-6-14(20)17(15(21)7-12)27(26)25-16-3-4-22-9-24-16/h1-7,9,23H,8H2,(H,22,24,25). The molecule has 0 saturated heterocycles. The van der Waals surface area contributed by atoms with E-state index >= 15 is 0 Å². The van der Waals surface area contributed by atoms with Crippen molar-refractivity contribution in [2.45, 2.75) is 11.4 Å². The monoisotopic (exact) mass is 412 g/mol. The quantitative estimate of drug-likeness (QED) is 0.591. The molecule has 0 radical (unpaired) electrons. The fraction of sp³-hybridized carbons (Fsp3) is 0.0588. The molecular weight excluding hydrogens is 401 g/mol. The Labute approximate surface area is 160 Å². The number of anilines is 2. The Hall–Kier alpha value is -2.49. The topological polar surface area (TPSA) is 72.9 Å². The van der Waals surface area contributed by atoms with Crippen molar-refractivity contribution < 1.29 is 17.7 Å². The van der Waals surface area contributed by atoms with Gasteiger partial charge in [0.2, 0.25) is 0 Å². The van der Waals surface area contributed by atoms with Gasteiger partial charge in [-0.1, -0.05) is 11.6 Å². The zero-order chi connectivity index (χ0) is 19.4. The van der Waals surface area contributed by atoms with Crippen molar-refractivity contribution in [3.05, 3.63) is 77.0 Å². The van der Waals surface area contributed by atoms with E-state index in [1.165, 1.54) is 36.8 Å². The fourth-order valence-electron chi connectivity index (χ4n) is 2.21. The third-order valence-corrected chi connectivity index (χ3v) is 4.84. The average Bonchev–Trinajstić information content (AvgIpc) is 2.63. The molecule has 0 amide bonds. The van der Waals surface area contributed by atoms with E-state index < -0.39 is 33.7 Å². The summed E-state index contributed by atoms with van der Waals surface area (Å²) in [5.41, 5.74) is 0.300. The third kappa shape index (κ3) is 4.82. The van der Waals surface area contributed by atoms with E-state index in [0.29, 0.717) is 5.02 Å². The van der Waals surface area contributed by atoms with E-state index in [2.05, 4.69) is 20.0 Å². The molecule has 27 heavy (non-hydrogen) atoms. The zero-order valence-corrected chi connectivity index (χ0v) is 15.1. The molecule has 2 N–H and O–H groups in total. The second-order valence-electron chi connectivity index (χ2n) is 5.32. The second-order valence-corrected chi connectivity index (χ2v) is 6.91. The van der Waals surface area contributed by atoms with Gasteiger partial charge in [0.15, 0.2) is 17.5 Å². The van der Waals surface area contributed by atoms with Gasteiger partial charge in [-0.2, -0.15) is 4.72 Å². The molecule has 0 aliphatic heterocycles. The predicted octanol–water partition coefficient (Wildman–Crippen LogP) is 4.29. The lowest BCUT2D eigenvalue weighted by Crippen LogP contribution is -2.17. The maximum absolute atomic E-state index is 14.3. The first-order chi connectivity index (χ1) is 12.9. The molecule has 0 bridgehead atoms. The first-order valence-corrected chi connectivity index (χ1v) is 9.08. The molecule has 1 atom stereocenters. The van der Waals surface area contributed by atoms with Crippen molar-refractivity contribution in [1.29, 1.82) is 0 Å². The molecule has 1 heterocycles. The summed E-state index contributed by atoms with van der Waals surface area (Å²) < 4.78 is 56.9. The van der Waals surface area contributed by atoms with Gasteiger partial charge in [-0.15, -0.1) is 0 Å². The zero-order valence-electron chi connectivity index (χ0n) is 13.5. The Kier molecular flexibility index (Phi) is 6.04. The molecule has 0 fully saturated rings. The van der Waals surface area contributed by atoms with Crippen LogP contribution in [0.15, 0.2) is 53.8 Å².